The summed E-state index contributed by atoms with van der Waals surface area (Å²) in [5.41, 5.74) is 11.0. The summed E-state index contributed by atoms with van der Waals surface area (Å²) >= 11 is 0. The van der Waals surface area contributed by atoms with E-state index in [9.17, 15) is 0 Å². The van der Waals surface area contributed by atoms with Gasteiger partial charge in [0.15, 0.2) is 0 Å². The summed E-state index contributed by atoms with van der Waals surface area (Å²) in [6.07, 6.45) is 0. The third-order valence-electron chi connectivity index (χ3n) is 9.73. The fraction of sp³-hybridized carbons (Fsp3) is 0.0435. The molecule has 0 N–H and O–H groups in total. The minimum atomic E-state index is -0.455. The van der Waals surface area contributed by atoms with Crippen LogP contribution in [-0.2, 0) is 0 Å². The summed E-state index contributed by atoms with van der Waals surface area (Å²) in [6.45, 7) is 4.30. The Hall–Kier alpha value is -6.12. The molecule has 10 rings (SSSR count). The number of anilines is 3. The summed E-state index contributed by atoms with van der Waals surface area (Å²) in [5.74, 6) is 0. The number of hydrogen-bond donors (Lipinski definition) is 0. The molecule has 0 fully saturated rings. The van der Waals surface area contributed by atoms with Crippen molar-refractivity contribution in [2.75, 3.05) is 4.90 Å². The zero-order valence-electron chi connectivity index (χ0n) is 34.3. The molecule has 1 aromatic heterocycles. The van der Waals surface area contributed by atoms with Crippen molar-refractivity contribution in [3.63, 3.8) is 0 Å². The van der Waals surface area contributed by atoms with Crippen LogP contribution in [0.1, 0.15) is 22.1 Å². The van der Waals surface area contributed by atoms with Crippen molar-refractivity contribution in [3.8, 4) is 27.9 Å². The predicted molar refractivity (Wildman–Crippen MR) is 204 cm³/mol. The maximum absolute atomic E-state index is 8.89. The summed E-state index contributed by atoms with van der Waals surface area (Å²) in [6, 6.07) is 34.9. The summed E-state index contributed by atoms with van der Waals surface area (Å²) < 4.78 is 70.5. The first-order valence-corrected chi connectivity index (χ1v) is 16.0. The third-order valence-corrected chi connectivity index (χ3v) is 9.73. The van der Waals surface area contributed by atoms with Gasteiger partial charge in [-0.05, 0) is 142 Å². The molecule has 0 radical (unpaired) electrons. The molecule has 0 atom stereocenters. The Bertz CT molecular complexity index is 3110. The van der Waals surface area contributed by atoms with E-state index in [0.29, 0.717) is 5.69 Å². The van der Waals surface area contributed by atoms with E-state index in [-0.39, 0.29) is 46.0 Å². The van der Waals surface area contributed by atoms with E-state index >= 15 is 0 Å². The number of rotatable bonds is 4. The Kier molecular flexibility index (Phi) is 4.29. The van der Waals surface area contributed by atoms with Crippen LogP contribution in [0.5, 0.6) is 0 Å². The quantitative estimate of drug-likeness (QED) is 0.190. The molecule has 8 aromatic carbocycles. The summed E-state index contributed by atoms with van der Waals surface area (Å²) in [7, 11) is 0. The van der Waals surface area contributed by atoms with Gasteiger partial charge >= 0.3 is 0 Å². The van der Waals surface area contributed by atoms with Gasteiger partial charge in [-0.15, -0.1) is 0 Å². The van der Waals surface area contributed by atoms with Gasteiger partial charge in [-0.25, -0.2) is 0 Å². The Morgan fingerprint density at radius 1 is 0.479 bits per heavy atom. The van der Waals surface area contributed by atoms with Crippen LogP contribution in [0.25, 0.3) is 71.3 Å². The van der Waals surface area contributed by atoms with Gasteiger partial charge in [0, 0.05) is 27.8 Å². The van der Waals surface area contributed by atoms with Crippen LogP contribution in [0.15, 0.2) is 158 Å². The maximum atomic E-state index is 8.89. The number of aromatic nitrogens is 1. The largest absolute Gasteiger partial charge is 0.310 e. The summed E-state index contributed by atoms with van der Waals surface area (Å²) in [5, 5.41) is 4.26. The van der Waals surface area contributed by atoms with Crippen molar-refractivity contribution in [2.45, 2.75) is 13.8 Å². The van der Waals surface area contributed by atoms with Crippen LogP contribution in [0.2, 0.25) is 0 Å². The zero-order chi connectivity index (χ0) is 38.9. The Morgan fingerprint density at radius 3 is 1.65 bits per heavy atom. The molecule has 226 valence electrons. The zero-order valence-corrected chi connectivity index (χ0v) is 26.3. The van der Waals surface area contributed by atoms with E-state index in [1.165, 1.54) is 22.4 Å². The number of nitrogens with zero attached hydrogens (tertiary/aromatic N) is 2. The standard InChI is InChI=1S/C46H32N2/c1-29-11-10-12-30(2)46(29)47(35-13-4-3-5-14-35)36-21-19-31-25-40-42(27-33(31)23-36)41-26-32-20-22-37(24-34(32)28-43(40)41)48-44-17-8-6-15-38(44)39-16-7-9-18-45(39)48/h3-28H,1-2H3/i6D,7D,8D,9D,15D,16D,17D,18D. The Morgan fingerprint density at radius 2 is 1.02 bits per heavy atom. The van der Waals surface area contributed by atoms with Gasteiger partial charge in [0.1, 0.15) is 0 Å². The first kappa shape index (κ1) is 20.2. The fourth-order valence-corrected chi connectivity index (χ4v) is 7.50. The predicted octanol–water partition coefficient (Wildman–Crippen LogP) is 12.8. The van der Waals surface area contributed by atoms with Crippen molar-refractivity contribution < 1.29 is 11.0 Å². The molecule has 2 nitrogen and oxygen atoms in total. The van der Waals surface area contributed by atoms with Gasteiger partial charge in [-0.3, -0.25) is 0 Å². The maximum Gasteiger partial charge on any atom is 0.0645 e. The number of benzene rings is 8. The molecular formula is C46H32N2. The minimum absolute atomic E-state index is 0.0696. The molecule has 9 aromatic rings. The topological polar surface area (TPSA) is 8.17 Å². The Labute approximate surface area is 291 Å². The average Bonchev–Trinajstić information content (AvgIpc) is 3.57. The molecule has 1 aliphatic rings. The molecule has 0 saturated heterocycles. The minimum Gasteiger partial charge on any atom is -0.310 e. The number of aryl methyl sites for hydroxylation is 2. The molecule has 2 heteroatoms. The number of fused-ring (bicyclic) bond motifs is 9. The molecule has 0 aliphatic heterocycles. The summed E-state index contributed by atoms with van der Waals surface area (Å²) in [4.78, 5) is 2.33. The second kappa shape index (κ2) is 10.2. The monoisotopic (exact) mass is 620 g/mol. The lowest BCUT2D eigenvalue weighted by Gasteiger charge is -2.29. The first-order chi connectivity index (χ1) is 26.9. The van der Waals surface area contributed by atoms with E-state index in [1.807, 2.05) is 24.3 Å². The van der Waals surface area contributed by atoms with Crippen molar-refractivity contribution in [1.82, 2.24) is 4.57 Å². The van der Waals surface area contributed by atoms with Crippen LogP contribution in [-0.4, -0.2) is 4.57 Å². The molecule has 0 amide bonds. The fourth-order valence-electron chi connectivity index (χ4n) is 7.50. The van der Waals surface area contributed by atoms with E-state index in [4.69, 9.17) is 11.0 Å². The lowest BCUT2D eigenvalue weighted by atomic mass is 9.78. The van der Waals surface area contributed by atoms with E-state index < -0.39 is 24.2 Å². The van der Waals surface area contributed by atoms with Gasteiger partial charge in [-0.2, -0.15) is 0 Å². The van der Waals surface area contributed by atoms with Crippen LogP contribution in [0.3, 0.4) is 0 Å². The molecule has 0 unspecified atom stereocenters. The SMILES string of the molecule is [2H]c1c([2H])c([2H])c2c(c1[2H])c1c([2H])c([2H])c([2H])c([2H])c1n2-c1ccc2cc3c(cc2c1)-c1cc2ccc(N(c4ccccc4)c4c(C)cccc4C)cc2cc1-3. The average molecular weight is 621 g/mol. The van der Waals surface area contributed by atoms with Crippen LogP contribution in [0, 0.1) is 13.8 Å². The van der Waals surface area contributed by atoms with E-state index in [2.05, 4.69) is 104 Å². The number of para-hydroxylation sites is 4. The normalized spacial score (nSPS) is 14.3. The van der Waals surface area contributed by atoms with Crippen LogP contribution < -0.4 is 4.90 Å². The highest BCUT2D eigenvalue weighted by Crippen LogP contribution is 2.51. The first-order valence-electron chi connectivity index (χ1n) is 20.0. The van der Waals surface area contributed by atoms with Crippen molar-refractivity contribution in [1.29, 1.82) is 0 Å². The lowest BCUT2D eigenvalue weighted by molar-refractivity contribution is 1.19. The highest BCUT2D eigenvalue weighted by atomic mass is 15.1. The highest BCUT2D eigenvalue weighted by molar-refractivity contribution is 6.13. The molecule has 0 spiro atoms. The molecule has 48 heavy (non-hydrogen) atoms. The van der Waals surface area contributed by atoms with Gasteiger partial charge < -0.3 is 9.47 Å². The van der Waals surface area contributed by atoms with Gasteiger partial charge in [0.05, 0.1) is 27.7 Å². The second-order valence-corrected chi connectivity index (χ2v) is 12.6. The van der Waals surface area contributed by atoms with Crippen molar-refractivity contribution >= 4 is 60.4 Å². The Balaban J connectivity index is 1.12. The molecule has 0 bridgehead atoms. The van der Waals surface area contributed by atoms with Crippen LogP contribution >= 0.6 is 0 Å². The molecular weight excluding hydrogens is 581 g/mol. The molecule has 1 heterocycles. The van der Waals surface area contributed by atoms with Gasteiger partial charge in [-0.1, -0.05) is 84.8 Å². The van der Waals surface area contributed by atoms with Gasteiger partial charge in [0.2, 0.25) is 0 Å². The highest BCUT2D eigenvalue weighted by Gasteiger charge is 2.25. The van der Waals surface area contributed by atoms with Gasteiger partial charge in [0.25, 0.3) is 0 Å². The van der Waals surface area contributed by atoms with E-state index in [1.54, 1.807) is 4.57 Å². The lowest BCUT2D eigenvalue weighted by Crippen LogP contribution is -2.12. The molecule has 0 saturated carbocycles. The van der Waals surface area contributed by atoms with Crippen LogP contribution in [0.4, 0.5) is 17.1 Å². The third kappa shape index (κ3) is 3.93. The second-order valence-electron chi connectivity index (χ2n) is 12.6. The van der Waals surface area contributed by atoms with Crippen molar-refractivity contribution in [2.24, 2.45) is 0 Å². The van der Waals surface area contributed by atoms with E-state index in [0.717, 1.165) is 49.6 Å². The van der Waals surface area contributed by atoms with Crippen molar-refractivity contribution in [3.05, 3.63) is 169 Å². The number of hydrogen-bond acceptors (Lipinski definition) is 1. The smallest absolute Gasteiger partial charge is 0.0645 e. The molecule has 1 aliphatic carbocycles.